The zero-order valence-corrected chi connectivity index (χ0v) is 20.8. The maximum Gasteiger partial charge on any atom is 0.0777 e. The van der Waals surface area contributed by atoms with Crippen molar-refractivity contribution in [3.8, 4) is 0 Å². The summed E-state index contributed by atoms with van der Waals surface area (Å²) >= 11 is 0. The molecule has 19 heteroatoms. The van der Waals surface area contributed by atoms with E-state index in [9.17, 15) is 0 Å². The van der Waals surface area contributed by atoms with Crippen LogP contribution in [-0.4, -0.2) is 33.8 Å². The van der Waals surface area contributed by atoms with Crippen molar-refractivity contribution in [3.05, 3.63) is 90.3 Å². The monoisotopic (exact) mass is 590 g/mol. The number of nitrogens with zero attached hydrogens (tertiary/aromatic N) is 4. The van der Waals surface area contributed by atoms with Gasteiger partial charge in [-0.25, -0.2) is 0 Å². The maximum absolute atomic E-state index is 8.60. The summed E-state index contributed by atoms with van der Waals surface area (Å²) in [5.41, 5.74) is 3.30. The first-order chi connectivity index (χ1) is 16.9. The summed E-state index contributed by atoms with van der Waals surface area (Å²) in [7, 11) is -14.1. The molecular weight excluding hydrogens is 571 g/mol. The lowest BCUT2D eigenvalue weighted by Crippen LogP contribution is -2.58. The number of rotatable bonds is 6. The van der Waals surface area contributed by atoms with Crippen molar-refractivity contribution < 1.29 is 86.6 Å². The molecule has 0 unspecified atom stereocenters. The fourth-order valence-electron chi connectivity index (χ4n) is 2.36. The van der Waals surface area contributed by atoms with Gasteiger partial charge in [0.25, 0.3) is 0 Å². The molecule has 0 spiro atoms. The summed E-state index contributed by atoms with van der Waals surface area (Å²) in [4.78, 5) is 15.4. The van der Waals surface area contributed by atoms with E-state index in [-0.39, 0.29) is 0 Å². The predicted octanol–water partition coefficient (Wildman–Crippen LogP) is -9.30. The molecule has 0 aliphatic heterocycles. The van der Waals surface area contributed by atoms with Crippen molar-refractivity contribution in [3.63, 3.8) is 0 Å². The van der Waals surface area contributed by atoms with Gasteiger partial charge in [0.05, 0.1) is 56.1 Å². The molecule has 0 fully saturated rings. The van der Waals surface area contributed by atoms with Crippen molar-refractivity contribution in [1.29, 1.82) is 0 Å². The number of aromatic nitrogens is 3. The van der Waals surface area contributed by atoms with Crippen LogP contribution in [0.25, 0.3) is 0 Å². The third-order valence-electron chi connectivity index (χ3n) is 3.35. The zero-order chi connectivity index (χ0) is 28.5. The van der Waals surface area contributed by atoms with Gasteiger partial charge in [-0.1, -0.05) is 18.2 Å². The van der Waals surface area contributed by atoms with E-state index in [1.807, 2.05) is 48.9 Å². The van der Waals surface area contributed by atoms with Crippen molar-refractivity contribution >= 4 is 0 Å². The molecule has 0 atom stereocenters. The lowest BCUT2D eigenvalue weighted by Gasteiger charge is -2.21. The number of hydrogen-bond donors (Lipinski definition) is 3. The minimum absolute atomic E-state index is 0.784. The van der Waals surface area contributed by atoms with Crippen molar-refractivity contribution in [2.75, 3.05) is 0 Å². The highest BCUT2D eigenvalue weighted by Crippen LogP contribution is 2.11. The molecule has 0 saturated carbocycles. The first kappa shape index (κ1) is 34.8. The topological polar surface area (TPSA) is 310 Å². The Bertz CT molecular complexity index is 818. The summed E-state index contributed by atoms with van der Waals surface area (Å²) in [5, 5.41) is 0. The Morgan fingerprint density at radius 3 is 1.27 bits per heavy atom. The normalized spacial score (nSPS) is 11.3. The number of pyridine rings is 3. The van der Waals surface area contributed by atoms with Crippen LogP contribution < -0.4 is 41.9 Å². The molecule has 0 amide bonds. The Hall–Kier alpha value is -2.20. The number of halogens is 3. The quantitative estimate of drug-likeness (QED) is 0.239. The lowest BCUT2D eigenvalue weighted by atomic mass is 10.2. The molecule has 206 valence electrons. The molecule has 0 aliphatic rings. The van der Waals surface area contributed by atoms with E-state index in [4.69, 9.17) is 55.9 Å². The molecule has 0 radical (unpaired) electrons. The van der Waals surface area contributed by atoms with Crippen LogP contribution in [-0.2, 0) is 19.6 Å². The van der Waals surface area contributed by atoms with Gasteiger partial charge in [0, 0.05) is 44.4 Å². The van der Waals surface area contributed by atoms with Gasteiger partial charge >= 0.3 is 0 Å². The molecule has 3 aromatic heterocycles. The van der Waals surface area contributed by atoms with E-state index in [1.54, 1.807) is 6.20 Å². The van der Waals surface area contributed by atoms with E-state index in [2.05, 4.69) is 38.1 Å². The van der Waals surface area contributed by atoms with E-state index in [1.165, 1.54) is 5.56 Å². The highest BCUT2D eigenvalue weighted by molar-refractivity contribution is 5.11. The highest BCUT2D eigenvalue weighted by Gasteiger charge is 2.10. The first-order valence-electron chi connectivity index (χ1n) is 9.21. The molecule has 3 rings (SSSR count). The largest absolute Gasteiger partial charge is 0.287 e. The number of hydrogen-bond acceptors (Lipinski definition) is 16. The molecule has 3 aromatic rings. The zero-order valence-electron chi connectivity index (χ0n) is 18.5. The summed E-state index contributed by atoms with van der Waals surface area (Å²) < 4.78 is 98.2. The van der Waals surface area contributed by atoms with E-state index in [0.29, 0.717) is 0 Å². The fraction of sp³-hybridized carbons (Fsp3) is 0.167. The molecule has 0 aliphatic carbocycles. The second-order valence-electron chi connectivity index (χ2n) is 6.34. The summed E-state index contributed by atoms with van der Waals surface area (Å²) in [6.45, 7) is 2.39. The van der Waals surface area contributed by atoms with Crippen LogP contribution in [0.3, 0.4) is 0 Å². The van der Waals surface area contributed by atoms with Gasteiger partial charge in [-0.3, -0.25) is 19.9 Å². The minimum atomic E-state index is -4.69. The van der Waals surface area contributed by atoms with Crippen LogP contribution in [0.2, 0.25) is 0 Å². The third-order valence-corrected chi connectivity index (χ3v) is 3.35. The van der Waals surface area contributed by atoms with Gasteiger partial charge in [0.1, 0.15) is 0 Å². The minimum Gasteiger partial charge on any atom is -0.287 e. The van der Waals surface area contributed by atoms with Crippen LogP contribution in [0.5, 0.6) is 0 Å². The van der Waals surface area contributed by atoms with Crippen LogP contribution >= 0.6 is 0 Å². The molecular formula is C18H21Cl3N4O12. The van der Waals surface area contributed by atoms with Gasteiger partial charge in [0.2, 0.25) is 0 Å². The third kappa shape index (κ3) is 29.9. The van der Waals surface area contributed by atoms with Crippen LogP contribution in [0.15, 0.2) is 73.3 Å². The summed E-state index contributed by atoms with van der Waals surface area (Å²) in [6.07, 6.45) is 7.37. The molecule has 3 heterocycles. The predicted molar refractivity (Wildman–Crippen MR) is 92.3 cm³/mol. The van der Waals surface area contributed by atoms with Crippen molar-refractivity contribution in [1.82, 2.24) is 19.9 Å². The van der Waals surface area contributed by atoms with Gasteiger partial charge in [0.15, 0.2) is 0 Å². The second-order valence-corrected chi connectivity index (χ2v) is 8.71. The lowest BCUT2D eigenvalue weighted by molar-refractivity contribution is -1.92. The Labute approximate surface area is 216 Å². The van der Waals surface area contributed by atoms with E-state index in [0.717, 1.165) is 31.0 Å². The van der Waals surface area contributed by atoms with Crippen LogP contribution in [0.4, 0.5) is 0 Å². The Balaban J connectivity index is 0.000000711. The van der Waals surface area contributed by atoms with Crippen LogP contribution in [0, 0.1) is 30.7 Å². The van der Waals surface area contributed by atoms with E-state index < -0.39 is 30.7 Å². The molecule has 0 aromatic carbocycles. The Kier molecular flexibility index (Phi) is 16.3. The summed E-state index contributed by atoms with van der Waals surface area (Å²) in [6, 6.07) is 16.1. The van der Waals surface area contributed by atoms with Gasteiger partial charge in [-0.05, 0) is 35.9 Å². The van der Waals surface area contributed by atoms with Crippen molar-refractivity contribution in [2.24, 2.45) is 0 Å². The molecule has 0 saturated heterocycles. The van der Waals surface area contributed by atoms with Gasteiger partial charge in [-0.2, -0.15) is 41.9 Å². The average molecular weight is 592 g/mol. The Morgan fingerprint density at radius 1 is 0.568 bits per heavy atom. The molecule has 0 bridgehead atoms. The molecule has 16 nitrogen and oxygen atoms in total. The van der Waals surface area contributed by atoms with Crippen molar-refractivity contribution in [2.45, 2.75) is 19.6 Å². The van der Waals surface area contributed by atoms with E-state index >= 15 is 0 Å². The first-order valence-corrected chi connectivity index (χ1v) is 13.0. The SMILES string of the molecule is [O-][Cl+3]([O-])([O-])O.[O-][Cl+3]([O-])([O-])O.[O-][Cl+3]([O-])([O-])O.c1ccc(CN(Cc2cccnc2)Cc2ccccn2)nc1. The second kappa shape index (κ2) is 17.3. The van der Waals surface area contributed by atoms with Gasteiger partial charge in [-0.15, -0.1) is 0 Å². The Morgan fingerprint density at radius 2 is 0.973 bits per heavy atom. The summed E-state index contributed by atoms with van der Waals surface area (Å²) in [5.74, 6) is 0. The van der Waals surface area contributed by atoms with Gasteiger partial charge < -0.3 is 0 Å². The maximum atomic E-state index is 8.60. The standard InChI is InChI=1S/C18H18N4.3ClHO4/c1-3-10-20-17(7-1)14-22(13-16-6-5-9-19-12-16)15-18-8-2-4-11-21-18;3*2-1(3,4)5/h1-12H,13-15H2;3*(H,2,3,4,5). The van der Waals surface area contributed by atoms with Crippen LogP contribution in [0.1, 0.15) is 17.0 Å². The fourth-order valence-corrected chi connectivity index (χ4v) is 2.36. The molecule has 37 heavy (non-hydrogen) atoms. The average Bonchev–Trinajstić information content (AvgIpc) is 2.72. The highest BCUT2D eigenvalue weighted by atomic mass is 35.7. The molecule has 3 N–H and O–H groups in total. The smallest absolute Gasteiger partial charge is 0.0777 e.